The molecule has 1 unspecified atom stereocenters. The van der Waals surface area contributed by atoms with Gasteiger partial charge in [-0.3, -0.25) is 15.0 Å². The highest BCUT2D eigenvalue weighted by Gasteiger charge is 2.47. The van der Waals surface area contributed by atoms with Crippen molar-refractivity contribution in [3.8, 4) is 0 Å². The molecule has 6 atom stereocenters. The highest BCUT2D eigenvalue weighted by molar-refractivity contribution is 5.96. The monoisotopic (exact) mass is 484 g/mol. The molecule has 2 saturated heterocycles. The number of hydrogen-bond donors (Lipinski definition) is 5. The number of ether oxygens (including phenoxy) is 2. The molecule has 10 heteroatoms. The molecule has 2 heterocycles. The molecule has 0 aromatic carbocycles. The van der Waals surface area contributed by atoms with Crippen molar-refractivity contribution in [1.29, 1.82) is 0 Å². The van der Waals surface area contributed by atoms with Crippen LogP contribution in [0.15, 0.2) is 23.3 Å². The summed E-state index contributed by atoms with van der Waals surface area (Å²) in [5.41, 5.74) is 1.01. The van der Waals surface area contributed by atoms with Crippen LogP contribution in [0.25, 0.3) is 0 Å². The third kappa shape index (κ3) is 8.14. The minimum atomic E-state index is -1.31. The third-order valence-electron chi connectivity index (χ3n) is 6.30. The van der Waals surface area contributed by atoms with Gasteiger partial charge >= 0.3 is 6.03 Å². The fourth-order valence-electron chi connectivity index (χ4n) is 3.93. The zero-order valence-electron chi connectivity index (χ0n) is 20.6. The number of allylic oxidation sites excluding steroid dienone is 3. The second kappa shape index (κ2) is 12.8. The van der Waals surface area contributed by atoms with Crippen LogP contribution < -0.4 is 5.32 Å². The Morgan fingerprint density at radius 3 is 2.62 bits per heavy atom. The third-order valence-corrected chi connectivity index (χ3v) is 6.30. The maximum absolute atomic E-state index is 12.0. The zero-order valence-corrected chi connectivity index (χ0v) is 20.6. The first-order valence-corrected chi connectivity index (χ1v) is 11.8. The Bertz CT molecular complexity index is 762. The second-order valence-corrected chi connectivity index (χ2v) is 9.66. The number of aliphatic hydroxyl groups excluding tert-OH is 3. The number of carbonyl (C=O) groups excluding carboxylic acids is 2. The SMILES string of the molecule is CC(C)=CCC[C@@](C)(O)[C@@H](O)CC/C(C)=C/COC[C@H]1O[C@@H](N2CCC(=O)NC2=O)[C@@H](O)C1O. The number of rotatable bonds is 12. The van der Waals surface area contributed by atoms with Gasteiger partial charge in [-0.15, -0.1) is 0 Å². The molecule has 2 fully saturated rings. The molecular weight excluding hydrogens is 444 g/mol. The van der Waals surface area contributed by atoms with E-state index in [0.29, 0.717) is 25.7 Å². The lowest BCUT2D eigenvalue weighted by atomic mass is 9.89. The van der Waals surface area contributed by atoms with Crippen molar-refractivity contribution in [3.63, 3.8) is 0 Å². The van der Waals surface area contributed by atoms with Gasteiger partial charge in [-0.05, 0) is 53.4 Å². The summed E-state index contributed by atoms with van der Waals surface area (Å²) >= 11 is 0. The van der Waals surface area contributed by atoms with Gasteiger partial charge in [0.1, 0.15) is 18.3 Å². The van der Waals surface area contributed by atoms with Crippen LogP contribution in [0.4, 0.5) is 4.79 Å². The van der Waals surface area contributed by atoms with Crippen LogP contribution in [0, 0.1) is 0 Å². The van der Waals surface area contributed by atoms with E-state index in [0.717, 1.165) is 5.57 Å². The van der Waals surface area contributed by atoms with E-state index in [1.165, 1.54) is 10.5 Å². The van der Waals surface area contributed by atoms with Crippen molar-refractivity contribution in [3.05, 3.63) is 23.3 Å². The van der Waals surface area contributed by atoms with Gasteiger partial charge in [0.2, 0.25) is 5.91 Å². The number of carbonyl (C=O) groups is 2. The lowest BCUT2D eigenvalue weighted by Gasteiger charge is -2.32. The fraction of sp³-hybridized carbons (Fsp3) is 0.750. The van der Waals surface area contributed by atoms with E-state index in [1.807, 2.05) is 32.9 Å². The van der Waals surface area contributed by atoms with Gasteiger partial charge in [0.25, 0.3) is 0 Å². The summed E-state index contributed by atoms with van der Waals surface area (Å²) in [6, 6.07) is -0.661. The number of hydrogen-bond acceptors (Lipinski definition) is 8. The van der Waals surface area contributed by atoms with Crippen LogP contribution in [0.2, 0.25) is 0 Å². The molecule has 0 aliphatic carbocycles. The van der Waals surface area contributed by atoms with E-state index in [9.17, 15) is 30.0 Å². The number of nitrogens with zero attached hydrogens (tertiary/aromatic N) is 1. The number of imide groups is 1. The molecule has 0 bridgehead atoms. The van der Waals surface area contributed by atoms with Crippen LogP contribution in [-0.2, 0) is 14.3 Å². The van der Waals surface area contributed by atoms with Crippen molar-refractivity contribution >= 4 is 11.9 Å². The predicted molar refractivity (Wildman–Crippen MR) is 125 cm³/mol. The van der Waals surface area contributed by atoms with Gasteiger partial charge in [-0.2, -0.15) is 0 Å². The lowest BCUT2D eigenvalue weighted by molar-refractivity contribution is -0.126. The molecule has 0 radical (unpaired) electrons. The molecule has 5 N–H and O–H groups in total. The second-order valence-electron chi connectivity index (χ2n) is 9.66. The normalized spacial score (nSPS) is 28.5. The molecule has 10 nitrogen and oxygen atoms in total. The van der Waals surface area contributed by atoms with Crippen LogP contribution in [0.3, 0.4) is 0 Å². The van der Waals surface area contributed by atoms with Crippen LogP contribution in [0.1, 0.15) is 59.8 Å². The van der Waals surface area contributed by atoms with Gasteiger partial charge in [0.15, 0.2) is 6.23 Å². The van der Waals surface area contributed by atoms with E-state index in [1.54, 1.807) is 6.92 Å². The Labute approximate surface area is 201 Å². The first-order valence-electron chi connectivity index (χ1n) is 11.8. The average Bonchev–Trinajstić information content (AvgIpc) is 3.03. The largest absolute Gasteiger partial charge is 0.390 e. The van der Waals surface area contributed by atoms with Gasteiger partial charge < -0.3 is 29.9 Å². The van der Waals surface area contributed by atoms with Gasteiger partial charge in [0.05, 0.1) is 24.9 Å². The van der Waals surface area contributed by atoms with E-state index < -0.39 is 48.2 Å². The molecule has 0 spiro atoms. The molecule has 2 rings (SSSR count). The summed E-state index contributed by atoms with van der Waals surface area (Å²) in [5, 5.41) is 43.6. The minimum absolute atomic E-state index is 0.00853. The zero-order chi connectivity index (χ0) is 25.5. The molecule has 2 aliphatic heterocycles. The lowest BCUT2D eigenvalue weighted by Crippen LogP contribution is -2.56. The molecule has 0 aromatic rings. The highest BCUT2D eigenvalue weighted by atomic mass is 16.6. The van der Waals surface area contributed by atoms with Gasteiger partial charge in [-0.25, -0.2) is 4.79 Å². The van der Waals surface area contributed by atoms with E-state index in [-0.39, 0.29) is 26.2 Å². The summed E-state index contributed by atoms with van der Waals surface area (Å²) < 4.78 is 11.2. The number of amides is 3. The molecule has 2 aliphatic rings. The number of urea groups is 1. The maximum atomic E-state index is 12.0. The van der Waals surface area contributed by atoms with Crippen LogP contribution >= 0.6 is 0 Å². The van der Waals surface area contributed by atoms with Crippen molar-refractivity contribution in [2.75, 3.05) is 19.8 Å². The smallest absolute Gasteiger partial charge is 0.326 e. The minimum Gasteiger partial charge on any atom is -0.390 e. The molecule has 3 amide bonds. The van der Waals surface area contributed by atoms with Crippen molar-refractivity contribution in [1.82, 2.24) is 10.2 Å². The number of aliphatic hydroxyl groups is 4. The Kier molecular flexibility index (Phi) is 10.7. The van der Waals surface area contributed by atoms with E-state index in [4.69, 9.17) is 9.47 Å². The molecule has 34 heavy (non-hydrogen) atoms. The van der Waals surface area contributed by atoms with Crippen molar-refractivity contribution in [2.45, 2.75) is 96.0 Å². The van der Waals surface area contributed by atoms with E-state index >= 15 is 0 Å². The first-order chi connectivity index (χ1) is 15.9. The highest BCUT2D eigenvalue weighted by Crippen LogP contribution is 2.26. The van der Waals surface area contributed by atoms with Crippen LogP contribution in [0.5, 0.6) is 0 Å². The molecule has 0 aromatic heterocycles. The molecular formula is C24H40N2O8. The van der Waals surface area contributed by atoms with Gasteiger partial charge in [-0.1, -0.05) is 23.3 Å². The van der Waals surface area contributed by atoms with Crippen molar-refractivity contribution in [2.24, 2.45) is 0 Å². The summed E-state index contributed by atoms with van der Waals surface area (Å²) in [4.78, 5) is 24.5. The summed E-state index contributed by atoms with van der Waals surface area (Å²) in [7, 11) is 0. The maximum Gasteiger partial charge on any atom is 0.326 e. The summed E-state index contributed by atoms with van der Waals surface area (Å²) in [6.07, 6.45) is 0.929. The van der Waals surface area contributed by atoms with Gasteiger partial charge in [0, 0.05) is 13.0 Å². The Morgan fingerprint density at radius 1 is 1.26 bits per heavy atom. The topological polar surface area (TPSA) is 149 Å². The Balaban J connectivity index is 1.73. The van der Waals surface area contributed by atoms with Crippen molar-refractivity contribution < 1.29 is 39.5 Å². The van der Waals surface area contributed by atoms with Crippen LogP contribution in [-0.4, -0.2) is 93.3 Å². The quantitative estimate of drug-likeness (QED) is 0.203. The Hall–Kier alpha value is -1.82. The Morgan fingerprint density at radius 2 is 1.97 bits per heavy atom. The summed E-state index contributed by atoms with van der Waals surface area (Å²) in [6.45, 7) is 7.90. The average molecular weight is 485 g/mol. The number of nitrogens with one attached hydrogen (secondary N) is 1. The summed E-state index contributed by atoms with van der Waals surface area (Å²) in [5.74, 6) is -0.392. The molecule has 0 saturated carbocycles. The fourth-order valence-corrected chi connectivity index (χ4v) is 3.93. The first kappa shape index (κ1) is 28.4. The standard InChI is InChI=1S/C24H40N2O8/c1-15(2)6-5-11-24(4,32)18(27)8-7-16(3)10-13-33-14-17-20(29)21(30)22(34-17)26-12-9-19(28)25-23(26)31/h6,10,17-18,20-22,27,29-30,32H,5,7-9,11-14H2,1-4H3,(H,25,28,31)/b16-10+/t17-,18+,20?,21+,22-,24-/m1/s1. The molecule has 194 valence electrons. The van der Waals surface area contributed by atoms with E-state index in [2.05, 4.69) is 5.32 Å². The predicted octanol–water partition coefficient (Wildman–Crippen LogP) is 0.976.